The molecule has 0 amide bonds. The van der Waals surface area contributed by atoms with Crippen molar-refractivity contribution in [3.05, 3.63) is 53.1 Å². The number of nitrogens with zero attached hydrogens (tertiary/aromatic N) is 2. The van der Waals surface area contributed by atoms with Crippen LogP contribution in [-0.4, -0.2) is 57.3 Å². The standard InChI is InChI=1S/C24H32FN4O8P/c1-14(2)35-22(31)15(3)28-38(33,37-17-7-5-4-6-8-17)34-13-24(16-9-10-16)20(30)19(25)21(36-24)29-12-11-18(26)27-23(29)32/h4-8,11-12,14-16,19-21,30H,9-10,13H2,1-3H3,(H,28,33)(H2,26,27,32)/t15-,19-,20-,21+,24-,38?/m0/s1. The minimum atomic E-state index is -4.32. The third kappa shape index (κ3) is 6.08. The van der Waals surface area contributed by atoms with Gasteiger partial charge in [0.15, 0.2) is 12.4 Å². The molecule has 2 aromatic rings. The Morgan fingerprint density at radius 2 is 2.00 bits per heavy atom. The molecule has 2 fully saturated rings. The molecule has 4 rings (SSSR count). The van der Waals surface area contributed by atoms with Gasteiger partial charge in [0, 0.05) is 6.20 Å². The third-order valence-electron chi connectivity index (χ3n) is 6.29. The molecule has 208 valence electrons. The number of carbonyl (C=O) groups excluding carboxylic acids is 1. The van der Waals surface area contributed by atoms with Crippen LogP contribution in [0, 0.1) is 5.92 Å². The number of carbonyl (C=O) groups is 1. The molecule has 1 aromatic carbocycles. The molecule has 6 atom stereocenters. The third-order valence-corrected chi connectivity index (χ3v) is 7.92. The van der Waals surface area contributed by atoms with Crippen LogP contribution in [0.3, 0.4) is 0 Å². The van der Waals surface area contributed by atoms with E-state index in [2.05, 4.69) is 10.1 Å². The molecule has 14 heteroatoms. The number of nitrogen functional groups attached to an aromatic ring is 1. The lowest BCUT2D eigenvalue weighted by Crippen LogP contribution is -2.48. The van der Waals surface area contributed by atoms with Crippen LogP contribution in [0.5, 0.6) is 5.75 Å². The largest absolute Gasteiger partial charge is 0.462 e. The highest BCUT2D eigenvalue weighted by molar-refractivity contribution is 7.52. The van der Waals surface area contributed by atoms with Gasteiger partial charge in [-0.15, -0.1) is 0 Å². The van der Waals surface area contributed by atoms with Crippen LogP contribution in [0.1, 0.15) is 39.8 Å². The van der Waals surface area contributed by atoms with E-state index < -0.39 is 62.3 Å². The molecule has 0 radical (unpaired) electrons. The van der Waals surface area contributed by atoms with Gasteiger partial charge < -0.3 is 24.8 Å². The summed E-state index contributed by atoms with van der Waals surface area (Å²) in [6.07, 6.45) is -3.27. The number of nitrogens with two attached hydrogens (primary N) is 1. The molecule has 12 nitrogen and oxygen atoms in total. The monoisotopic (exact) mass is 554 g/mol. The number of hydrogen-bond acceptors (Lipinski definition) is 10. The average Bonchev–Trinajstić information content (AvgIpc) is 3.67. The van der Waals surface area contributed by atoms with Gasteiger partial charge in [0.1, 0.15) is 29.3 Å². The number of aliphatic hydroxyl groups is 1. The molecule has 1 aliphatic heterocycles. The minimum Gasteiger partial charge on any atom is -0.462 e. The number of nitrogens with one attached hydrogen (secondary N) is 1. The molecule has 1 aromatic heterocycles. The van der Waals surface area contributed by atoms with Crippen molar-refractivity contribution in [1.29, 1.82) is 0 Å². The zero-order valence-corrected chi connectivity index (χ0v) is 22.1. The number of anilines is 1. The number of halogens is 1. The first-order valence-electron chi connectivity index (χ1n) is 12.3. The molecule has 1 saturated carbocycles. The van der Waals surface area contributed by atoms with Crippen LogP contribution in [0.15, 0.2) is 47.4 Å². The SMILES string of the molecule is CC(C)OC(=O)[C@H](C)NP(=O)(OC[C@@]1(C2CC2)O[C@@H](n2ccc(N)nc2=O)[C@@H](F)[C@@H]1O)Oc1ccccc1. The van der Waals surface area contributed by atoms with Crippen molar-refractivity contribution in [2.45, 2.75) is 69.9 Å². The second-order valence-electron chi connectivity index (χ2n) is 9.68. The first-order valence-corrected chi connectivity index (χ1v) is 13.8. The number of alkyl halides is 1. The van der Waals surface area contributed by atoms with E-state index in [0.717, 1.165) is 4.57 Å². The average molecular weight is 555 g/mol. The van der Waals surface area contributed by atoms with Gasteiger partial charge in [0.05, 0.1) is 12.7 Å². The van der Waals surface area contributed by atoms with E-state index in [1.807, 2.05) is 0 Å². The molecule has 0 bridgehead atoms. The highest BCUT2D eigenvalue weighted by Gasteiger charge is 2.63. The van der Waals surface area contributed by atoms with E-state index in [1.54, 1.807) is 44.2 Å². The van der Waals surface area contributed by atoms with Crippen molar-refractivity contribution in [2.75, 3.05) is 12.3 Å². The smallest absolute Gasteiger partial charge is 0.459 e. The lowest BCUT2D eigenvalue weighted by Gasteiger charge is -2.33. The fourth-order valence-corrected chi connectivity index (χ4v) is 5.81. The van der Waals surface area contributed by atoms with Crippen LogP contribution < -0.4 is 21.0 Å². The van der Waals surface area contributed by atoms with Crippen molar-refractivity contribution in [3.63, 3.8) is 0 Å². The van der Waals surface area contributed by atoms with Crippen molar-refractivity contribution >= 4 is 19.5 Å². The Hall–Kier alpha value is -2.83. The van der Waals surface area contributed by atoms with Gasteiger partial charge in [-0.25, -0.2) is 13.8 Å². The van der Waals surface area contributed by atoms with Crippen LogP contribution in [0.4, 0.5) is 10.2 Å². The number of para-hydroxylation sites is 1. The number of benzene rings is 1. The van der Waals surface area contributed by atoms with E-state index in [0.29, 0.717) is 12.8 Å². The van der Waals surface area contributed by atoms with Crippen LogP contribution >= 0.6 is 7.75 Å². The Labute approximate surface area is 218 Å². The number of esters is 1. The van der Waals surface area contributed by atoms with Crippen molar-refractivity contribution < 1.29 is 37.4 Å². The summed E-state index contributed by atoms with van der Waals surface area (Å²) in [5, 5.41) is 13.5. The van der Waals surface area contributed by atoms with Gasteiger partial charge in [0.2, 0.25) is 0 Å². The second kappa shape index (κ2) is 11.1. The lowest BCUT2D eigenvalue weighted by molar-refractivity contribution is -0.149. The Morgan fingerprint density at radius 1 is 1.32 bits per heavy atom. The van der Waals surface area contributed by atoms with E-state index in [-0.39, 0.29) is 17.5 Å². The maximum absolute atomic E-state index is 15.4. The Kier molecular flexibility index (Phi) is 8.24. The molecule has 38 heavy (non-hydrogen) atoms. The molecule has 1 unspecified atom stereocenters. The Morgan fingerprint density at radius 3 is 2.61 bits per heavy atom. The van der Waals surface area contributed by atoms with Crippen molar-refractivity contribution in [3.8, 4) is 5.75 Å². The fraction of sp³-hybridized carbons (Fsp3) is 0.542. The normalized spacial score (nSPS) is 27.6. The molecular formula is C24H32FN4O8P. The van der Waals surface area contributed by atoms with E-state index in [4.69, 9.17) is 24.3 Å². The molecule has 4 N–H and O–H groups in total. The predicted molar refractivity (Wildman–Crippen MR) is 134 cm³/mol. The van der Waals surface area contributed by atoms with Gasteiger partial charge in [-0.05, 0) is 57.7 Å². The summed E-state index contributed by atoms with van der Waals surface area (Å²) < 4.78 is 52.7. The maximum Gasteiger partial charge on any atom is 0.459 e. The molecule has 1 saturated heterocycles. The summed E-state index contributed by atoms with van der Waals surface area (Å²) in [4.78, 5) is 28.3. The Bertz CT molecular complexity index is 1240. The highest BCUT2D eigenvalue weighted by Crippen LogP contribution is 2.55. The van der Waals surface area contributed by atoms with Crippen LogP contribution in [0.2, 0.25) is 0 Å². The van der Waals surface area contributed by atoms with Crippen LogP contribution in [0.25, 0.3) is 0 Å². The zero-order valence-electron chi connectivity index (χ0n) is 21.2. The number of hydrogen-bond donors (Lipinski definition) is 3. The van der Waals surface area contributed by atoms with E-state index in [1.165, 1.54) is 19.2 Å². The first kappa shape index (κ1) is 28.2. The fourth-order valence-electron chi connectivity index (χ4n) is 4.28. The van der Waals surface area contributed by atoms with Gasteiger partial charge >= 0.3 is 19.4 Å². The lowest BCUT2D eigenvalue weighted by atomic mass is 9.91. The van der Waals surface area contributed by atoms with Gasteiger partial charge in [-0.2, -0.15) is 10.1 Å². The molecule has 2 heterocycles. The zero-order chi connectivity index (χ0) is 27.7. The van der Waals surface area contributed by atoms with E-state index >= 15 is 4.39 Å². The summed E-state index contributed by atoms with van der Waals surface area (Å²) in [6, 6.07) is 8.33. The van der Waals surface area contributed by atoms with Gasteiger partial charge in [-0.1, -0.05) is 18.2 Å². The number of ether oxygens (including phenoxy) is 2. The number of aromatic nitrogens is 2. The highest BCUT2D eigenvalue weighted by atomic mass is 31.2. The summed E-state index contributed by atoms with van der Waals surface area (Å²) in [6.45, 7) is 4.22. The quantitative estimate of drug-likeness (QED) is 0.276. The van der Waals surface area contributed by atoms with Crippen molar-refractivity contribution in [1.82, 2.24) is 14.6 Å². The molecule has 1 aliphatic carbocycles. The van der Waals surface area contributed by atoms with Gasteiger partial charge in [0.25, 0.3) is 0 Å². The molecule has 0 spiro atoms. The number of rotatable bonds is 11. The summed E-state index contributed by atoms with van der Waals surface area (Å²) in [5.41, 5.74) is 3.03. The predicted octanol–water partition coefficient (Wildman–Crippen LogP) is 2.34. The molecular weight excluding hydrogens is 522 g/mol. The second-order valence-corrected chi connectivity index (χ2v) is 11.4. The van der Waals surface area contributed by atoms with E-state index in [9.17, 15) is 19.3 Å². The van der Waals surface area contributed by atoms with Gasteiger partial charge in [-0.3, -0.25) is 13.9 Å². The number of aliphatic hydroxyl groups excluding tert-OH is 1. The van der Waals surface area contributed by atoms with Crippen molar-refractivity contribution in [2.24, 2.45) is 5.92 Å². The first-order chi connectivity index (χ1) is 17.9. The summed E-state index contributed by atoms with van der Waals surface area (Å²) >= 11 is 0. The summed E-state index contributed by atoms with van der Waals surface area (Å²) in [7, 11) is -4.32. The van der Waals surface area contributed by atoms with Crippen LogP contribution in [-0.2, 0) is 23.4 Å². The maximum atomic E-state index is 15.4. The summed E-state index contributed by atoms with van der Waals surface area (Å²) in [5.74, 6) is -0.894. The molecule has 2 aliphatic rings. The minimum absolute atomic E-state index is 0.0489. The topological polar surface area (TPSA) is 164 Å². The Balaban J connectivity index is 1.59.